The Morgan fingerprint density at radius 3 is 2.07 bits per heavy atom. The summed E-state index contributed by atoms with van der Waals surface area (Å²) in [6.45, 7) is 0.0386. The number of rotatable bonds is 13. The molecule has 0 fully saturated rings. The van der Waals surface area contributed by atoms with Gasteiger partial charge in [0.05, 0.1) is 25.4 Å². The molecule has 0 aromatic heterocycles. The van der Waals surface area contributed by atoms with Gasteiger partial charge in [-0.05, 0) is 12.0 Å². The molecule has 0 spiro atoms. The van der Waals surface area contributed by atoms with Crippen LogP contribution in [0.5, 0.6) is 0 Å². The second-order valence-corrected chi connectivity index (χ2v) is 6.18. The number of aliphatic hydroxyl groups excluding tert-OH is 3. The van der Waals surface area contributed by atoms with E-state index in [-0.39, 0.29) is 19.3 Å². The maximum Gasteiger partial charge on any atom is 0.181 e. The van der Waals surface area contributed by atoms with Crippen molar-refractivity contribution in [3.05, 3.63) is 71.8 Å². The van der Waals surface area contributed by atoms with Gasteiger partial charge in [-0.3, -0.25) is 0 Å². The third-order valence-electron chi connectivity index (χ3n) is 4.14. The highest BCUT2D eigenvalue weighted by Gasteiger charge is 2.20. The molecule has 0 heterocycles. The highest BCUT2D eigenvalue weighted by molar-refractivity contribution is 5.15. The van der Waals surface area contributed by atoms with Crippen molar-refractivity contribution in [3.63, 3.8) is 0 Å². The average molecular weight is 376 g/mol. The van der Waals surface area contributed by atoms with Gasteiger partial charge in [-0.1, -0.05) is 60.7 Å². The molecule has 6 heteroatoms. The number of benzene rings is 2. The summed E-state index contributed by atoms with van der Waals surface area (Å²) in [6, 6.07) is 18.8. The van der Waals surface area contributed by atoms with Crippen LogP contribution < -0.4 is 0 Å². The van der Waals surface area contributed by atoms with Crippen molar-refractivity contribution >= 4 is 0 Å². The minimum atomic E-state index is -1.07. The SMILES string of the molecule is OCCC(CC(COC(O)c1ccccc1)OCO)OCc1ccccc1. The van der Waals surface area contributed by atoms with E-state index in [4.69, 9.17) is 19.3 Å². The average Bonchev–Trinajstić information content (AvgIpc) is 2.71. The third kappa shape index (κ3) is 8.17. The van der Waals surface area contributed by atoms with Crippen LogP contribution in [0.15, 0.2) is 60.7 Å². The zero-order valence-electron chi connectivity index (χ0n) is 15.3. The second kappa shape index (κ2) is 12.6. The first kappa shape index (κ1) is 21.5. The molecule has 0 amide bonds. The van der Waals surface area contributed by atoms with Crippen molar-refractivity contribution in [3.8, 4) is 0 Å². The van der Waals surface area contributed by atoms with E-state index < -0.39 is 19.2 Å². The predicted molar refractivity (Wildman–Crippen MR) is 101 cm³/mol. The Kier molecular flexibility index (Phi) is 10.0. The highest BCUT2D eigenvalue weighted by atomic mass is 16.6. The van der Waals surface area contributed by atoms with Gasteiger partial charge in [0.25, 0.3) is 0 Å². The van der Waals surface area contributed by atoms with E-state index in [1.54, 1.807) is 12.1 Å². The van der Waals surface area contributed by atoms with Gasteiger partial charge in [0.1, 0.15) is 6.79 Å². The Morgan fingerprint density at radius 2 is 1.44 bits per heavy atom. The van der Waals surface area contributed by atoms with Crippen molar-refractivity contribution in [1.29, 1.82) is 0 Å². The van der Waals surface area contributed by atoms with E-state index in [1.807, 2.05) is 48.5 Å². The minimum Gasteiger partial charge on any atom is -0.396 e. The molecule has 3 unspecified atom stereocenters. The van der Waals surface area contributed by atoms with Crippen LogP contribution in [0.3, 0.4) is 0 Å². The van der Waals surface area contributed by atoms with Crippen LogP contribution in [0.2, 0.25) is 0 Å². The molecule has 2 rings (SSSR count). The molecular formula is C21H28O6. The zero-order chi connectivity index (χ0) is 19.3. The summed E-state index contributed by atoms with van der Waals surface area (Å²) in [6.07, 6.45) is -0.933. The van der Waals surface area contributed by atoms with E-state index >= 15 is 0 Å². The molecule has 0 aliphatic heterocycles. The molecule has 0 radical (unpaired) electrons. The minimum absolute atomic E-state index is 0.0151. The molecule has 0 saturated carbocycles. The van der Waals surface area contributed by atoms with Gasteiger partial charge in [-0.15, -0.1) is 0 Å². The fourth-order valence-electron chi connectivity index (χ4n) is 2.70. The summed E-state index contributed by atoms with van der Waals surface area (Å²) in [5, 5.41) is 28.6. The van der Waals surface area contributed by atoms with Crippen LogP contribution >= 0.6 is 0 Å². The summed E-state index contributed by atoms with van der Waals surface area (Å²) < 4.78 is 16.7. The van der Waals surface area contributed by atoms with Crippen molar-refractivity contribution in [2.24, 2.45) is 0 Å². The number of ether oxygens (including phenoxy) is 3. The molecule has 0 bridgehead atoms. The molecule has 2 aromatic rings. The van der Waals surface area contributed by atoms with E-state index in [1.165, 1.54) is 0 Å². The topological polar surface area (TPSA) is 88.4 Å². The molecule has 0 aliphatic rings. The van der Waals surface area contributed by atoms with E-state index in [0.29, 0.717) is 25.0 Å². The lowest BCUT2D eigenvalue weighted by molar-refractivity contribution is -0.158. The van der Waals surface area contributed by atoms with Crippen LogP contribution in [0.25, 0.3) is 0 Å². The maximum atomic E-state index is 10.1. The van der Waals surface area contributed by atoms with Crippen LogP contribution in [-0.2, 0) is 20.8 Å². The van der Waals surface area contributed by atoms with Gasteiger partial charge in [0, 0.05) is 18.6 Å². The monoisotopic (exact) mass is 376 g/mol. The molecular weight excluding hydrogens is 348 g/mol. The van der Waals surface area contributed by atoms with Gasteiger partial charge in [0.2, 0.25) is 0 Å². The van der Waals surface area contributed by atoms with E-state index in [2.05, 4.69) is 0 Å². The predicted octanol–water partition coefficient (Wildman–Crippen LogP) is 2.39. The van der Waals surface area contributed by atoms with Gasteiger partial charge in [-0.2, -0.15) is 0 Å². The van der Waals surface area contributed by atoms with Crippen molar-refractivity contribution < 1.29 is 29.5 Å². The van der Waals surface area contributed by atoms with Crippen LogP contribution in [-0.4, -0.2) is 47.5 Å². The summed E-state index contributed by atoms with van der Waals surface area (Å²) in [5.74, 6) is 0. The smallest absolute Gasteiger partial charge is 0.181 e. The van der Waals surface area contributed by atoms with Crippen LogP contribution in [0, 0.1) is 0 Å². The molecule has 0 saturated heterocycles. The first-order chi connectivity index (χ1) is 13.2. The molecule has 27 heavy (non-hydrogen) atoms. The third-order valence-corrected chi connectivity index (χ3v) is 4.14. The summed E-state index contributed by atoms with van der Waals surface area (Å²) in [7, 11) is 0. The highest BCUT2D eigenvalue weighted by Crippen LogP contribution is 2.17. The fourth-order valence-corrected chi connectivity index (χ4v) is 2.70. The van der Waals surface area contributed by atoms with Gasteiger partial charge >= 0.3 is 0 Å². The lowest BCUT2D eigenvalue weighted by atomic mass is 10.1. The number of aliphatic hydroxyl groups is 3. The first-order valence-corrected chi connectivity index (χ1v) is 9.06. The largest absolute Gasteiger partial charge is 0.396 e. The Hall–Kier alpha value is -1.80. The van der Waals surface area contributed by atoms with E-state index in [9.17, 15) is 10.2 Å². The van der Waals surface area contributed by atoms with Crippen molar-refractivity contribution in [2.75, 3.05) is 20.0 Å². The van der Waals surface area contributed by atoms with Crippen molar-refractivity contribution in [2.45, 2.75) is 37.9 Å². The molecule has 2 aromatic carbocycles. The van der Waals surface area contributed by atoms with Crippen molar-refractivity contribution in [1.82, 2.24) is 0 Å². The van der Waals surface area contributed by atoms with Crippen LogP contribution in [0.4, 0.5) is 0 Å². The molecule has 0 aliphatic carbocycles. The molecule has 148 valence electrons. The Morgan fingerprint density at radius 1 is 0.778 bits per heavy atom. The summed E-state index contributed by atoms with van der Waals surface area (Å²) in [5.41, 5.74) is 1.68. The molecule has 6 nitrogen and oxygen atoms in total. The lowest BCUT2D eigenvalue weighted by Crippen LogP contribution is -2.29. The molecule has 3 N–H and O–H groups in total. The normalized spacial score (nSPS) is 14.6. The molecule has 3 atom stereocenters. The number of hydrogen-bond donors (Lipinski definition) is 3. The zero-order valence-corrected chi connectivity index (χ0v) is 15.3. The fraction of sp³-hybridized carbons (Fsp3) is 0.429. The van der Waals surface area contributed by atoms with Crippen LogP contribution in [0.1, 0.15) is 30.3 Å². The summed E-state index contributed by atoms with van der Waals surface area (Å²) >= 11 is 0. The Balaban J connectivity index is 1.86. The van der Waals surface area contributed by atoms with E-state index in [0.717, 1.165) is 5.56 Å². The first-order valence-electron chi connectivity index (χ1n) is 9.06. The van der Waals surface area contributed by atoms with Gasteiger partial charge < -0.3 is 29.5 Å². The quantitative estimate of drug-likeness (QED) is 0.465. The summed E-state index contributed by atoms with van der Waals surface area (Å²) in [4.78, 5) is 0. The number of hydrogen-bond acceptors (Lipinski definition) is 6. The Labute approximate surface area is 159 Å². The maximum absolute atomic E-state index is 10.1. The Bertz CT molecular complexity index is 607. The van der Waals surface area contributed by atoms with Gasteiger partial charge in [-0.25, -0.2) is 0 Å². The lowest BCUT2D eigenvalue weighted by Gasteiger charge is -2.24. The van der Waals surface area contributed by atoms with Gasteiger partial charge in [0.15, 0.2) is 6.29 Å². The standard InChI is InChI=1S/C21H28O6/c22-12-11-19(25-14-17-7-3-1-4-8-17)13-20(27-16-23)15-26-21(24)18-9-5-2-6-10-18/h1-10,19-24H,11-16H2. The second-order valence-electron chi connectivity index (χ2n) is 6.18.